The third-order valence-corrected chi connectivity index (χ3v) is 4.12. The lowest BCUT2D eigenvalue weighted by atomic mass is 10.1. The molecule has 4 nitrogen and oxygen atoms in total. The van der Waals surface area contributed by atoms with Crippen molar-refractivity contribution in [2.75, 3.05) is 13.7 Å². The van der Waals surface area contributed by atoms with Gasteiger partial charge in [0.2, 0.25) is 0 Å². The average Bonchev–Trinajstić information content (AvgIpc) is 2.87. The minimum atomic E-state index is -0.489. The SMILES string of the molecule is COc1cccc(CC/C=C(/F)CN2C(=O)c3ccccc3C2=O)c1. The summed E-state index contributed by atoms with van der Waals surface area (Å²) in [6, 6.07) is 14.1. The number of hydrogen-bond donors (Lipinski definition) is 0. The summed E-state index contributed by atoms with van der Waals surface area (Å²) in [7, 11) is 1.60. The fraction of sp³-hybridized carbons (Fsp3) is 0.200. The Morgan fingerprint density at radius 3 is 2.40 bits per heavy atom. The number of fused-ring (bicyclic) bond motifs is 1. The van der Waals surface area contributed by atoms with Crippen molar-refractivity contribution in [3.05, 3.63) is 77.1 Å². The van der Waals surface area contributed by atoms with Crippen molar-refractivity contribution >= 4 is 11.8 Å². The number of halogens is 1. The van der Waals surface area contributed by atoms with Crippen molar-refractivity contribution in [3.8, 4) is 5.75 Å². The Morgan fingerprint density at radius 1 is 1.08 bits per heavy atom. The zero-order valence-corrected chi connectivity index (χ0v) is 13.9. The van der Waals surface area contributed by atoms with E-state index in [9.17, 15) is 14.0 Å². The van der Waals surface area contributed by atoms with Gasteiger partial charge in [0, 0.05) is 0 Å². The predicted molar refractivity (Wildman–Crippen MR) is 92.3 cm³/mol. The van der Waals surface area contributed by atoms with Gasteiger partial charge in [-0.05, 0) is 42.7 Å². The van der Waals surface area contributed by atoms with Crippen molar-refractivity contribution in [1.29, 1.82) is 0 Å². The zero-order valence-electron chi connectivity index (χ0n) is 13.9. The predicted octanol–water partition coefficient (Wildman–Crippen LogP) is 3.78. The molecule has 0 radical (unpaired) electrons. The molecule has 1 heterocycles. The molecule has 0 bridgehead atoms. The molecule has 0 aliphatic carbocycles. The minimum absolute atomic E-state index is 0.329. The van der Waals surface area contributed by atoms with Crippen LogP contribution in [-0.2, 0) is 6.42 Å². The van der Waals surface area contributed by atoms with E-state index in [1.54, 1.807) is 31.4 Å². The van der Waals surface area contributed by atoms with Crippen LogP contribution in [0.1, 0.15) is 32.7 Å². The first-order valence-corrected chi connectivity index (χ1v) is 8.03. The molecule has 0 aromatic heterocycles. The molecule has 128 valence electrons. The van der Waals surface area contributed by atoms with Gasteiger partial charge < -0.3 is 4.74 Å². The Hall–Kier alpha value is -2.95. The highest BCUT2D eigenvalue weighted by molar-refractivity contribution is 6.21. The minimum Gasteiger partial charge on any atom is -0.497 e. The molecule has 2 aromatic carbocycles. The second-order valence-electron chi connectivity index (χ2n) is 5.78. The normalized spacial score (nSPS) is 14.0. The van der Waals surface area contributed by atoms with Gasteiger partial charge in [-0.2, -0.15) is 0 Å². The highest BCUT2D eigenvalue weighted by Gasteiger charge is 2.35. The summed E-state index contributed by atoms with van der Waals surface area (Å²) in [5.41, 5.74) is 1.69. The van der Waals surface area contributed by atoms with Crippen LogP contribution >= 0.6 is 0 Å². The van der Waals surface area contributed by atoms with E-state index in [4.69, 9.17) is 4.74 Å². The monoisotopic (exact) mass is 339 g/mol. The van der Waals surface area contributed by atoms with Crippen LogP contribution < -0.4 is 4.74 Å². The van der Waals surface area contributed by atoms with E-state index in [2.05, 4.69) is 0 Å². The summed E-state index contributed by atoms with van der Waals surface area (Å²) in [6.07, 6.45) is 2.54. The van der Waals surface area contributed by atoms with Crippen LogP contribution in [0, 0.1) is 0 Å². The highest BCUT2D eigenvalue weighted by Crippen LogP contribution is 2.23. The quantitative estimate of drug-likeness (QED) is 0.753. The molecule has 5 heteroatoms. The molecular formula is C20H18FNO3. The summed E-state index contributed by atoms with van der Waals surface area (Å²) in [5.74, 6) is -0.626. The second kappa shape index (κ2) is 7.30. The number of carbonyl (C=O) groups is 2. The smallest absolute Gasteiger partial charge is 0.261 e. The van der Waals surface area contributed by atoms with Gasteiger partial charge in [-0.1, -0.05) is 30.3 Å². The molecule has 0 fully saturated rings. The first-order chi connectivity index (χ1) is 12.1. The number of hydrogen-bond acceptors (Lipinski definition) is 3. The molecule has 3 rings (SSSR count). The maximum absolute atomic E-state index is 14.2. The first-order valence-electron chi connectivity index (χ1n) is 8.03. The molecular weight excluding hydrogens is 321 g/mol. The van der Waals surface area contributed by atoms with Crippen LogP contribution in [0.3, 0.4) is 0 Å². The van der Waals surface area contributed by atoms with E-state index in [-0.39, 0.29) is 6.54 Å². The van der Waals surface area contributed by atoms with E-state index in [1.165, 1.54) is 6.08 Å². The number of amides is 2. The van der Waals surface area contributed by atoms with Crippen LogP contribution in [0.25, 0.3) is 0 Å². The van der Waals surface area contributed by atoms with Crippen LogP contribution in [0.5, 0.6) is 5.75 Å². The molecule has 0 N–H and O–H groups in total. The van der Waals surface area contributed by atoms with Gasteiger partial charge >= 0.3 is 0 Å². The Bertz CT molecular complexity index is 809. The number of allylic oxidation sites excluding steroid dienone is 1. The molecule has 25 heavy (non-hydrogen) atoms. The number of aryl methyl sites for hydroxylation is 1. The van der Waals surface area contributed by atoms with E-state index in [0.717, 1.165) is 16.2 Å². The molecule has 0 spiro atoms. The number of rotatable bonds is 6. The molecule has 1 aliphatic rings. The van der Waals surface area contributed by atoms with Crippen molar-refractivity contribution in [3.63, 3.8) is 0 Å². The largest absolute Gasteiger partial charge is 0.497 e. The number of carbonyl (C=O) groups excluding carboxylic acids is 2. The summed E-state index contributed by atoms with van der Waals surface area (Å²) < 4.78 is 19.3. The highest BCUT2D eigenvalue weighted by atomic mass is 19.1. The third-order valence-electron chi connectivity index (χ3n) is 4.12. The van der Waals surface area contributed by atoms with Crippen LogP contribution in [-0.4, -0.2) is 30.4 Å². The lowest BCUT2D eigenvalue weighted by Gasteiger charge is -2.12. The van der Waals surface area contributed by atoms with E-state index in [1.807, 2.05) is 24.3 Å². The Labute approximate surface area is 145 Å². The molecule has 0 saturated carbocycles. The van der Waals surface area contributed by atoms with Gasteiger partial charge in [0.1, 0.15) is 11.6 Å². The maximum atomic E-state index is 14.2. The number of nitrogens with zero attached hydrogens (tertiary/aromatic N) is 1. The summed E-state index contributed by atoms with van der Waals surface area (Å²) in [5, 5.41) is 0. The standard InChI is InChI=1S/C20H18FNO3/c1-25-16-9-5-7-14(12-16)6-4-8-15(21)13-22-19(23)17-10-2-3-11-18(17)20(22)24/h2-3,5,7-12H,4,6,13H2,1H3/b15-8+. The van der Waals surface area contributed by atoms with Gasteiger partial charge in [-0.25, -0.2) is 4.39 Å². The fourth-order valence-corrected chi connectivity index (χ4v) is 2.82. The van der Waals surface area contributed by atoms with Crippen LogP contribution in [0.15, 0.2) is 60.4 Å². The van der Waals surface area contributed by atoms with Crippen molar-refractivity contribution in [2.45, 2.75) is 12.8 Å². The van der Waals surface area contributed by atoms with Gasteiger partial charge in [0.05, 0.1) is 24.8 Å². The third kappa shape index (κ3) is 3.60. The van der Waals surface area contributed by atoms with Gasteiger partial charge in [-0.15, -0.1) is 0 Å². The molecule has 2 aromatic rings. The lowest BCUT2D eigenvalue weighted by Crippen LogP contribution is -2.31. The topological polar surface area (TPSA) is 46.6 Å². The van der Waals surface area contributed by atoms with E-state index >= 15 is 0 Å². The number of imide groups is 1. The Morgan fingerprint density at radius 2 is 1.76 bits per heavy atom. The lowest BCUT2D eigenvalue weighted by molar-refractivity contribution is 0.0660. The van der Waals surface area contributed by atoms with E-state index in [0.29, 0.717) is 24.0 Å². The zero-order chi connectivity index (χ0) is 17.8. The number of benzene rings is 2. The summed E-state index contributed by atoms with van der Waals surface area (Å²) in [6.45, 7) is -0.329. The molecule has 0 unspecified atom stereocenters. The Kier molecular flexibility index (Phi) is 4.93. The van der Waals surface area contributed by atoms with Crippen molar-refractivity contribution in [2.24, 2.45) is 0 Å². The average molecular weight is 339 g/mol. The van der Waals surface area contributed by atoms with Crippen LogP contribution in [0.2, 0.25) is 0 Å². The first kappa shape index (κ1) is 16.9. The molecule has 2 amide bonds. The van der Waals surface area contributed by atoms with E-state index < -0.39 is 17.6 Å². The molecule has 1 aliphatic heterocycles. The van der Waals surface area contributed by atoms with Gasteiger partial charge in [-0.3, -0.25) is 14.5 Å². The van der Waals surface area contributed by atoms with Gasteiger partial charge in [0.15, 0.2) is 0 Å². The number of methoxy groups -OCH3 is 1. The van der Waals surface area contributed by atoms with Crippen LogP contribution in [0.4, 0.5) is 4.39 Å². The maximum Gasteiger partial charge on any atom is 0.261 e. The second-order valence-corrected chi connectivity index (χ2v) is 5.78. The molecule has 0 saturated heterocycles. The Balaban J connectivity index is 1.61. The van der Waals surface area contributed by atoms with Crippen molar-refractivity contribution < 1.29 is 18.7 Å². The van der Waals surface area contributed by atoms with Gasteiger partial charge in [0.25, 0.3) is 11.8 Å². The fourth-order valence-electron chi connectivity index (χ4n) is 2.82. The molecule has 0 atom stereocenters. The number of ether oxygens (including phenoxy) is 1. The van der Waals surface area contributed by atoms with Crippen molar-refractivity contribution in [1.82, 2.24) is 4.90 Å². The summed E-state index contributed by atoms with van der Waals surface area (Å²) in [4.78, 5) is 25.4. The summed E-state index contributed by atoms with van der Waals surface area (Å²) >= 11 is 0.